The van der Waals surface area contributed by atoms with Gasteiger partial charge in [-0.2, -0.15) is 0 Å². The van der Waals surface area contributed by atoms with Gasteiger partial charge in [-0.25, -0.2) is 4.79 Å². The van der Waals surface area contributed by atoms with Crippen molar-refractivity contribution in [1.82, 2.24) is 0 Å². The number of unbranched alkanes of at least 4 members (excludes halogenated alkanes) is 11. The lowest BCUT2D eigenvalue weighted by Crippen LogP contribution is -2.03. The van der Waals surface area contributed by atoms with Crippen molar-refractivity contribution in [2.45, 2.75) is 103 Å². The second-order valence-corrected chi connectivity index (χ2v) is 6.44. The summed E-state index contributed by atoms with van der Waals surface area (Å²) in [4.78, 5) is 11.4. The number of carbonyl (C=O) groups excluding carboxylic acids is 1. The molecular formula is C19H34O2. The summed E-state index contributed by atoms with van der Waals surface area (Å²) < 4.78 is 5.10. The average molecular weight is 294 g/mol. The van der Waals surface area contributed by atoms with E-state index in [9.17, 15) is 4.79 Å². The molecule has 122 valence electrons. The van der Waals surface area contributed by atoms with Gasteiger partial charge in [-0.3, -0.25) is 0 Å². The number of ether oxygens (including phenoxy) is 1. The van der Waals surface area contributed by atoms with Crippen LogP contribution in [0, 0.1) is 0 Å². The van der Waals surface area contributed by atoms with Crippen molar-refractivity contribution >= 4 is 5.97 Å². The first-order valence-electron chi connectivity index (χ1n) is 9.15. The summed E-state index contributed by atoms with van der Waals surface area (Å²) in [5, 5.41) is 0. The molecule has 1 atom stereocenters. The summed E-state index contributed by atoms with van der Waals surface area (Å²) in [6.07, 6.45) is 19.1. The molecule has 1 heterocycles. The van der Waals surface area contributed by atoms with Gasteiger partial charge in [-0.1, -0.05) is 77.6 Å². The molecule has 0 saturated heterocycles. The Morgan fingerprint density at radius 3 is 1.76 bits per heavy atom. The van der Waals surface area contributed by atoms with Crippen molar-refractivity contribution in [2.75, 3.05) is 0 Å². The van der Waals surface area contributed by atoms with Gasteiger partial charge in [0.15, 0.2) is 0 Å². The van der Waals surface area contributed by atoms with E-state index in [0.717, 1.165) is 18.4 Å². The molecule has 0 amide bonds. The first-order valence-corrected chi connectivity index (χ1v) is 9.15. The zero-order valence-corrected chi connectivity index (χ0v) is 14.2. The van der Waals surface area contributed by atoms with E-state index in [1.165, 1.54) is 70.6 Å². The van der Waals surface area contributed by atoms with Gasteiger partial charge in [0.25, 0.3) is 0 Å². The smallest absolute Gasteiger partial charge is 0.334 e. The van der Waals surface area contributed by atoms with Gasteiger partial charge in [0.2, 0.25) is 0 Å². The largest absolute Gasteiger partial charge is 0.455 e. The molecule has 0 aliphatic carbocycles. The van der Waals surface area contributed by atoms with Gasteiger partial charge in [0, 0.05) is 5.57 Å². The Bertz CT molecular complexity index is 307. The van der Waals surface area contributed by atoms with Crippen molar-refractivity contribution in [3.8, 4) is 0 Å². The molecule has 0 aromatic rings. The van der Waals surface area contributed by atoms with E-state index < -0.39 is 0 Å². The third-order valence-electron chi connectivity index (χ3n) is 4.29. The van der Waals surface area contributed by atoms with E-state index in [2.05, 4.69) is 6.92 Å². The fourth-order valence-corrected chi connectivity index (χ4v) is 2.97. The molecule has 0 spiro atoms. The second-order valence-electron chi connectivity index (χ2n) is 6.44. The number of hydrogen-bond donors (Lipinski definition) is 0. The highest BCUT2D eigenvalue weighted by Crippen LogP contribution is 2.20. The van der Waals surface area contributed by atoms with Crippen LogP contribution in [0.5, 0.6) is 0 Å². The number of carbonyl (C=O) groups is 1. The predicted octanol–water partition coefficient (Wildman–Crippen LogP) is 5.95. The van der Waals surface area contributed by atoms with Gasteiger partial charge in [-0.05, 0) is 25.8 Å². The monoisotopic (exact) mass is 294 g/mol. The van der Waals surface area contributed by atoms with E-state index in [1.807, 2.05) is 13.0 Å². The lowest BCUT2D eigenvalue weighted by atomic mass is 10.0. The quantitative estimate of drug-likeness (QED) is 0.310. The zero-order valence-electron chi connectivity index (χ0n) is 14.2. The third kappa shape index (κ3) is 8.95. The van der Waals surface area contributed by atoms with E-state index in [1.54, 1.807) is 0 Å². The Morgan fingerprint density at radius 2 is 1.33 bits per heavy atom. The molecule has 0 saturated carbocycles. The molecule has 0 fully saturated rings. The van der Waals surface area contributed by atoms with Crippen LogP contribution >= 0.6 is 0 Å². The van der Waals surface area contributed by atoms with Crippen molar-refractivity contribution in [2.24, 2.45) is 0 Å². The molecule has 21 heavy (non-hydrogen) atoms. The molecule has 0 aromatic heterocycles. The highest BCUT2D eigenvalue weighted by atomic mass is 16.5. The number of cyclic esters (lactones) is 1. The SMILES string of the molecule is CCCCCCCCCCCCCCC1=C[C@@H](C)OC1=O. The van der Waals surface area contributed by atoms with Crippen LogP contribution in [0.1, 0.15) is 97.3 Å². The molecule has 2 heteroatoms. The van der Waals surface area contributed by atoms with Gasteiger partial charge < -0.3 is 4.74 Å². The average Bonchev–Trinajstić information content (AvgIpc) is 2.78. The van der Waals surface area contributed by atoms with Crippen LogP contribution in [0.15, 0.2) is 11.6 Å². The molecule has 1 aliphatic rings. The van der Waals surface area contributed by atoms with Crippen molar-refractivity contribution in [3.05, 3.63) is 11.6 Å². The first kappa shape index (κ1) is 18.3. The predicted molar refractivity (Wildman–Crippen MR) is 89.3 cm³/mol. The minimum Gasteiger partial charge on any atom is -0.455 e. The fourth-order valence-electron chi connectivity index (χ4n) is 2.97. The van der Waals surface area contributed by atoms with E-state index in [0.29, 0.717) is 0 Å². The van der Waals surface area contributed by atoms with Crippen LogP contribution < -0.4 is 0 Å². The first-order chi connectivity index (χ1) is 10.2. The Balaban J connectivity index is 1.81. The van der Waals surface area contributed by atoms with Gasteiger partial charge in [0.1, 0.15) is 6.10 Å². The summed E-state index contributed by atoms with van der Waals surface area (Å²) in [6.45, 7) is 4.19. The van der Waals surface area contributed by atoms with Crippen molar-refractivity contribution < 1.29 is 9.53 Å². The Labute approximate surface area is 131 Å². The minimum atomic E-state index is -0.0921. The van der Waals surface area contributed by atoms with E-state index in [-0.39, 0.29) is 12.1 Å². The Morgan fingerprint density at radius 1 is 0.857 bits per heavy atom. The summed E-state index contributed by atoms with van der Waals surface area (Å²) >= 11 is 0. The Hall–Kier alpha value is -0.790. The number of rotatable bonds is 13. The molecule has 1 rings (SSSR count). The molecule has 0 N–H and O–H groups in total. The van der Waals surface area contributed by atoms with Crippen LogP contribution in [0.3, 0.4) is 0 Å². The minimum absolute atomic E-state index is 0.00942. The number of esters is 1. The standard InChI is InChI=1S/C19H34O2/c1-3-4-5-6-7-8-9-10-11-12-13-14-15-18-16-17(2)21-19(18)20/h16-17H,3-15H2,1-2H3/t17-/m1/s1. The lowest BCUT2D eigenvalue weighted by molar-refractivity contribution is -0.139. The molecule has 0 aromatic carbocycles. The van der Waals surface area contributed by atoms with Crippen LogP contribution in [0.2, 0.25) is 0 Å². The maximum atomic E-state index is 11.4. The third-order valence-corrected chi connectivity index (χ3v) is 4.29. The number of hydrogen-bond acceptors (Lipinski definition) is 2. The normalized spacial score (nSPS) is 17.9. The summed E-state index contributed by atoms with van der Waals surface area (Å²) in [5.74, 6) is -0.0921. The molecule has 2 nitrogen and oxygen atoms in total. The van der Waals surface area contributed by atoms with Gasteiger partial charge in [-0.15, -0.1) is 0 Å². The van der Waals surface area contributed by atoms with Crippen LogP contribution in [-0.4, -0.2) is 12.1 Å². The van der Waals surface area contributed by atoms with Gasteiger partial charge >= 0.3 is 5.97 Å². The van der Waals surface area contributed by atoms with E-state index >= 15 is 0 Å². The fraction of sp³-hybridized carbons (Fsp3) is 0.842. The maximum absolute atomic E-state index is 11.4. The molecular weight excluding hydrogens is 260 g/mol. The molecule has 0 unspecified atom stereocenters. The Kier molecular flexibility index (Phi) is 10.3. The summed E-state index contributed by atoms with van der Waals surface area (Å²) in [6, 6.07) is 0. The molecule has 0 radical (unpaired) electrons. The highest BCUT2D eigenvalue weighted by Gasteiger charge is 2.20. The second kappa shape index (κ2) is 11.8. The van der Waals surface area contributed by atoms with Crippen LogP contribution in [0.4, 0.5) is 0 Å². The maximum Gasteiger partial charge on any atom is 0.334 e. The molecule has 1 aliphatic heterocycles. The van der Waals surface area contributed by atoms with Crippen LogP contribution in [0.25, 0.3) is 0 Å². The summed E-state index contributed by atoms with van der Waals surface area (Å²) in [7, 11) is 0. The highest BCUT2D eigenvalue weighted by molar-refractivity contribution is 5.90. The molecule has 0 bridgehead atoms. The zero-order chi connectivity index (χ0) is 15.3. The lowest BCUT2D eigenvalue weighted by Gasteiger charge is -2.03. The van der Waals surface area contributed by atoms with Crippen molar-refractivity contribution in [1.29, 1.82) is 0 Å². The summed E-state index contributed by atoms with van der Waals surface area (Å²) in [5.41, 5.74) is 0.898. The van der Waals surface area contributed by atoms with Gasteiger partial charge in [0.05, 0.1) is 0 Å². The van der Waals surface area contributed by atoms with Crippen LogP contribution in [-0.2, 0) is 9.53 Å². The topological polar surface area (TPSA) is 26.3 Å². The van der Waals surface area contributed by atoms with Crippen molar-refractivity contribution in [3.63, 3.8) is 0 Å². The van der Waals surface area contributed by atoms with E-state index in [4.69, 9.17) is 4.74 Å².